The van der Waals surface area contributed by atoms with Crippen molar-refractivity contribution in [2.24, 2.45) is 0 Å². The van der Waals surface area contributed by atoms with Gasteiger partial charge in [0.1, 0.15) is 0 Å². The van der Waals surface area contributed by atoms with E-state index in [0.717, 1.165) is 0 Å². The van der Waals surface area contributed by atoms with Gasteiger partial charge in [-0.05, 0) is 0 Å². The normalized spacial score (nSPS) is 16.1. The SMILES string of the molecule is FC(F)(F)C(F)(F)[CH]CC(F)(F)C(F)(F)C(F)(F)C(F)(F)F. The Bertz CT molecular complexity index is 385. The van der Waals surface area contributed by atoms with Crippen molar-refractivity contribution in [1.82, 2.24) is 0 Å². The molecule has 0 aromatic rings. The van der Waals surface area contributed by atoms with Crippen molar-refractivity contribution in [3.63, 3.8) is 0 Å². The van der Waals surface area contributed by atoms with E-state index in [0.29, 0.717) is 0 Å². The van der Waals surface area contributed by atoms with Gasteiger partial charge in [-0.1, -0.05) is 0 Å². The highest BCUT2D eigenvalue weighted by molar-refractivity contribution is 5.04. The van der Waals surface area contributed by atoms with Crippen LogP contribution in [0.3, 0.4) is 0 Å². The second-order valence-electron chi connectivity index (χ2n) is 3.88. The molecule has 22 heavy (non-hydrogen) atoms. The molecule has 0 amide bonds. The lowest BCUT2D eigenvalue weighted by atomic mass is 9.97. The Labute approximate surface area is 112 Å². The molecule has 0 nitrogen and oxygen atoms in total. The molecule has 14 heteroatoms. The fourth-order valence-electron chi connectivity index (χ4n) is 0.908. The monoisotopic (exact) mass is 365 g/mol. The number of halogens is 14. The van der Waals surface area contributed by atoms with Crippen LogP contribution in [0.4, 0.5) is 61.5 Å². The van der Waals surface area contributed by atoms with Gasteiger partial charge in [-0.2, -0.15) is 61.5 Å². The van der Waals surface area contributed by atoms with E-state index < -0.39 is 48.9 Å². The molecular formula is C8H3F14. The molecule has 0 aliphatic rings. The molecule has 0 saturated carbocycles. The Morgan fingerprint density at radius 2 is 0.864 bits per heavy atom. The standard InChI is InChI=1S/C8H3F14/c9-3(10,1-2-4(11,12)7(17,18)19)5(13,14)6(15,16)8(20,21)22/h2H,1H2. The number of alkyl halides is 14. The molecular weight excluding hydrogens is 362 g/mol. The van der Waals surface area contributed by atoms with Crippen molar-refractivity contribution in [3.8, 4) is 0 Å². The summed E-state index contributed by atoms with van der Waals surface area (Å²) in [6.07, 6.45) is -18.9. The van der Waals surface area contributed by atoms with E-state index in [-0.39, 0.29) is 0 Å². The van der Waals surface area contributed by atoms with Gasteiger partial charge in [0.2, 0.25) is 0 Å². The van der Waals surface area contributed by atoms with Crippen molar-refractivity contribution in [2.45, 2.75) is 42.5 Å². The summed E-state index contributed by atoms with van der Waals surface area (Å²) in [4.78, 5) is 0. The largest absolute Gasteiger partial charge is 0.460 e. The van der Waals surface area contributed by atoms with Crippen molar-refractivity contribution in [2.75, 3.05) is 0 Å². The molecule has 0 spiro atoms. The van der Waals surface area contributed by atoms with Crippen LogP contribution in [-0.4, -0.2) is 36.0 Å². The first-order valence-electron chi connectivity index (χ1n) is 4.70. The Hall–Kier alpha value is -0.980. The quantitative estimate of drug-likeness (QED) is 0.584. The van der Waals surface area contributed by atoms with Crippen LogP contribution < -0.4 is 0 Å². The van der Waals surface area contributed by atoms with E-state index in [9.17, 15) is 61.5 Å². The average Bonchev–Trinajstić information content (AvgIpc) is 2.23. The van der Waals surface area contributed by atoms with Gasteiger partial charge < -0.3 is 0 Å². The first kappa shape index (κ1) is 21.0. The van der Waals surface area contributed by atoms with Gasteiger partial charge in [0.25, 0.3) is 0 Å². The summed E-state index contributed by atoms with van der Waals surface area (Å²) >= 11 is 0. The summed E-state index contributed by atoms with van der Waals surface area (Å²) in [5.74, 6) is -27.2. The van der Waals surface area contributed by atoms with E-state index in [4.69, 9.17) is 0 Å². The minimum Gasteiger partial charge on any atom is -0.200 e. The molecule has 0 aromatic heterocycles. The second kappa shape index (κ2) is 5.28. The molecule has 0 atom stereocenters. The number of hydrogen-bond acceptors (Lipinski definition) is 0. The summed E-state index contributed by atoms with van der Waals surface area (Å²) in [5.41, 5.74) is 0. The second-order valence-corrected chi connectivity index (χ2v) is 3.88. The van der Waals surface area contributed by atoms with Crippen molar-refractivity contribution in [3.05, 3.63) is 6.42 Å². The number of hydrogen-bond donors (Lipinski definition) is 0. The smallest absolute Gasteiger partial charge is 0.200 e. The topological polar surface area (TPSA) is 0 Å². The van der Waals surface area contributed by atoms with Gasteiger partial charge in [-0.25, -0.2) is 0 Å². The first-order chi connectivity index (χ1) is 9.21. The summed E-state index contributed by atoms with van der Waals surface area (Å²) < 4.78 is 169. The summed E-state index contributed by atoms with van der Waals surface area (Å²) in [7, 11) is 0. The predicted octanol–water partition coefficient (Wildman–Crippen LogP) is 5.25. The van der Waals surface area contributed by atoms with Gasteiger partial charge in [-0.3, -0.25) is 0 Å². The Balaban J connectivity index is 5.41. The maximum absolute atomic E-state index is 12.7. The van der Waals surface area contributed by atoms with Crippen LogP contribution in [0.25, 0.3) is 0 Å². The third-order valence-corrected chi connectivity index (χ3v) is 2.20. The Morgan fingerprint density at radius 1 is 0.500 bits per heavy atom. The molecule has 0 bridgehead atoms. The molecule has 0 rings (SSSR count). The third-order valence-electron chi connectivity index (χ3n) is 2.20. The predicted molar refractivity (Wildman–Crippen MR) is 40.8 cm³/mol. The lowest BCUT2D eigenvalue weighted by Gasteiger charge is -2.34. The maximum atomic E-state index is 12.7. The lowest BCUT2D eigenvalue weighted by Crippen LogP contribution is -2.61. The Kier molecular flexibility index (Phi) is 5.05. The first-order valence-corrected chi connectivity index (χ1v) is 4.70. The maximum Gasteiger partial charge on any atom is 0.460 e. The van der Waals surface area contributed by atoms with Crippen molar-refractivity contribution < 1.29 is 61.5 Å². The van der Waals surface area contributed by atoms with E-state index in [1.807, 2.05) is 0 Å². The molecule has 0 aliphatic heterocycles. The fourth-order valence-corrected chi connectivity index (χ4v) is 0.908. The van der Waals surface area contributed by atoms with Crippen LogP contribution >= 0.6 is 0 Å². The van der Waals surface area contributed by atoms with E-state index in [2.05, 4.69) is 0 Å². The third kappa shape index (κ3) is 3.50. The van der Waals surface area contributed by atoms with Crippen LogP contribution in [0.15, 0.2) is 0 Å². The number of rotatable bonds is 5. The van der Waals surface area contributed by atoms with Gasteiger partial charge in [0, 0.05) is 12.8 Å². The molecule has 0 N–H and O–H groups in total. The highest BCUT2D eigenvalue weighted by Gasteiger charge is 2.81. The van der Waals surface area contributed by atoms with E-state index in [1.165, 1.54) is 0 Å². The zero-order chi connectivity index (χ0) is 18.4. The minimum absolute atomic E-state index is 1.81. The average molecular weight is 365 g/mol. The van der Waals surface area contributed by atoms with Crippen LogP contribution in [0.1, 0.15) is 6.42 Å². The zero-order valence-corrected chi connectivity index (χ0v) is 9.58. The minimum atomic E-state index is -7.36. The molecule has 0 fully saturated rings. The van der Waals surface area contributed by atoms with Gasteiger partial charge >= 0.3 is 36.0 Å². The highest BCUT2D eigenvalue weighted by Crippen LogP contribution is 2.55. The fraction of sp³-hybridized carbons (Fsp3) is 0.875. The molecule has 0 heterocycles. The summed E-state index contributed by atoms with van der Waals surface area (Å²) in [5, 5.41) is 0. The summed E-state index contributed by atoms with van der Waals surface area (Å²) in [6, 6.07) is 0. The van der Waals surface area contributed by atoms with E-state index >= 15 is 0 Å². The van der Waals surface area contributed by atoms with Gasteiger partial charge in [0.05, 0.1) is 0 Å². The van der Waals surface area contributed by atoms with Crippen LogP contribution in [-0.2, 0) is 0 Å². The van der Waals surface area contributed by atoms with Crippen LogP contribution in [0.2, 0.25) is 0 Å². The molecule has 0 aliphatic carbocycles. The Morgan fingerprint density at radius 3 is 1.14 bits per heavy atom. The zero-order valence-electron chi connectivity index (χ0n) is 9.58. The lowest BCUT2D eigenvalue weighted by molar-refractivity contribution is -0.396. The van der Waals surface area contributed by atoms with Crippen LogP contribution in [0, 0.1) is 6.42 Å². The summed E-state index contributed by atoms with van der Waals surface area (Å²) in [6.45, 7) is 0. The molecule has 0 saturated heterocycles. The van der Waals surface area contributed by atoms with Crippen molar-refractivity contribution in [1.29, 1.82) is 0 Å². The van der Waals surface area contributed by atoms with Crippen molar-refractivity contribution >= 4 is 0 Å². The highest BCUT2D eigenvalue weighted by atomic mass is 19.4. The molecule has 133 valence electrons. The molecule has 0 aromatic carbocycles. The molecule has 0 unspecified atom stereocenters. The van der Waals surface area contributed by atoms with E-state index in [1.54, 1.807) is 0 Å². The van der Waals surface area contributed by atoms with Crippen LogP contribution in [0.5, 0.6) is 0 Å². The van der Waals surface area contributed by atoms with Gasteiger partial charge in [0.15, 0.2) is 0 Å². The van der Waals surface area contributed by atoms with Gasteiger partial charge in [-0.15, -0.1) is 0 Å². The molecule has 1 radical (unpaired) electrons.